The van der Waals surface area contributed by atoms with Crippen LogP contribution in [-0.2, 0) is 33.2 Å². The number of hydrogen-bond donors (Lipinski definition) is 12. The molecule has 3 aliphatic rings. The van der Waals surface area contributed by atoms with Crippen molar-refractivity contribution in [1.82, 2.24) is 5.32 Å². The van der Waals surface area contributed by atoms with Gasteiger partial charge in [0, 0.05) is 6.42 Å². The van der Waals surface area contributed by atoms with Gasteiger partial charge < -0.3 is 89.9 Å². The van der Waals surface area contributed by atoms with E-state index in [1.54, 1.807) is 6.08 Å². The Kier molecular flexibility index (Phi) is 56.3. The van der Waals surface area contributed by atoms with Crippen molar-refractivity contribution in [2.75, 3.05) is 26.4 Å². The summed E-state index contributed by atoms with van der Waals surface area (Å²) in [7, 11) is 0. The number of allylic oxidation sites excluding steroid dienone is 15. The Bertz CT molecular complexity index is 2200. The molecule has 0 aromatic rings. The highest BCUT2D eigenvalue weighted by Crippen LogP contribution is 2.33. The number of nitrogens with one attached hydrogen (secondary N) is 1. The molecular weight excluding hydrogens is 1290 g/mol. The van der Waals surface area contributed by atoms with Crippen LogP contribution in [0.1, 0.15) is 284 Å². The molecule has 3 heterocycles. The number of aliphatic hydroxyl groups excluding tert-OH is 11. The summed E-state index contributed by atoms with van der Waals surface area (Å²) in [6.07, 6.45) is 56.8. The van der Waals surface area contributed by atoms with Gasteiger partial charge in [0.15, 0.2) is 18.9 Å². The van der Waals surface area contributed by atoms with Gasteiger partial charge in [-0.05, 0) is 89.9 Å². The van der Waals surface area contributed by atoms with Crippen molar-refractivity contribution in [2.45, 2.75) is 388 Å². The van der Waals surface area contributed by atoms with E-state index in [2.05, 4.69) is 104 Å². The van der Waals surface area contributed by atoms with Gasteiger partial charge in [-0.3, -0.25) is 4.79 Å². The second-order valence-electron chi connectivity index (χ2n) is 28.1. The highest BCUT2D eigenvalue weighted by atomic mass is 16.8. The molecule has 101 heavy (non-hydrogen) atoms. The predicted molar refractivity (Wildman–Crippen MR) is 401 cm³/mol. The summed E-state index contributed by atoms with van der Waals surface area (Å²) in [6.45, 7) is 1.61. The van der Waals surface area contributed by atoms with Crippen LogP contribution in [0.5, 0.6) is 0 Å². The van der Waals surface area contributed by atoms with Crippen LogP contribution in [0.25, 0.3) is 0 Å². The van der Waals surface area contributed by atoms with Gasteiger partial charge in [0.2, 0.25) is 5.91 Å². The van der Waals surface area contributed by atoms with Gasteiger partial charge in [0.25, 0.3) is 0 Å². The van der Waals surface area contributed by atoms with Crippen molar-refractivity contribution < 1.29 is 89.4 Å². The molecule has 12 N–H and O–H groups in total. The zero-order chi connectivity index (χ0) is 73.2. The van der Waals surface area contributed by atoms with E-state index in [-0.39, 0.29) is 18.9 Å². The van der Waals surface area contributed by atoms with Crippen LogP contribution in [0.15, 0.2) is 97.2 Å². The fourth-order valence-electron chi connectivity index (χ4n) is 13.0. The second kappa shape index (κ2) is 61.8. The first-order valence-corrected chi connectivity index (χ1v) is 40.0. The minimum absolute atomic E-state index is 0.230. The molecule has 17 unspecified atom stereocenters. The van der Waals surface area contributed by atoms with Gasteiger partial charge in [-0.2, -0.15) is 0 Å². The minimum atomic E-state index is -1.99. The molecule has 1 amide bonds. The molecule has 3 aliphatic heterocycles. The Labute approximate surface area is 609 Å². The lowest BCUT2D eigenvalue weighted by atomic mass is 9.96. The molecule has 19 heteroatoms. The summed E-state index contributed by atoms with van der Waals surface area (Å²) >= 11 is 0. The summed E-state index contributed by atoms with van der Waals surface area (Å²) in [4.78, 5) is 13.5. The third-order valence-corrected chi connectivity index (χ3v) is 19.3. The number of aliphatic hydroxyl groups is 11. The fourth-order valence-corrected chi connectivity index (χ4v) is 13.0. The van der Waals surface area contributed by atoms with Crippen LogP contribution in [0.4, 0.5) is 0 Å². The zero-order valence-corrected chi connectivity index (χ0v) is 62.4. The van der Waals surface area contributed by atoms with Crippen molar-refractivity contribution in [3.05, 3.63) is 97.2 Å². The van der Waals surface area contributed by atoms with Crippen LogP contribution in [0.3, 0.4) is 0 Å². The summed E-state index contributed by atoms with van der Waals surface area (Å²) in [5, 5.41) is 121. The average Bonchev–Trinajstić information content (AvgIpc) is 0.782. The standard InChI is InChI=1S/C82H143NO18/c1-3-5-7-9-11-13-15-17-19-21-23-25-26-27-28-29-30-31-32-33-34-35-36-37-38-40-42-44-46-48-50-52-54-56-58-60-70(88)83-65(66(87)59-57-55-53-51-49-47-45-43-41-39-24-22-20-18-16-14-12-10-8-6-4-2)64-96-80-76(94)73(91)78(68(62-85)98-80)101-82-77(95)74(92)79(69(63-86)99-82)100-81-75(93)72(90)71(89)67(61-84)97-81/h5,7,11,13,17,19,23,25,27-28,41,43,49,51,57,59,65-69,71-82,84-87,89-95H,3-4,6,8-10,12,14-16,18,20-22,24,26,29-40,42,44-48,50,52-56,58,60-64H2,1-2H3,(H,83,88)/b7-5-,13-11-,19-17-,25-23-,28-27-,43-41+,51-49+,59-57+. The number of ether oxygens (including phenoxy) is 6. The molecule has 0 saturated carbocycles. The molecule has 17 atom stereocenters. The molecule has 0 aromatic carbocycles. The Hall–Kier alpha value is -3.29. The van der Waals surface area contributed by atoms with Gasteiger partial charge in [0.1, 0.15) is 73.2 Å². The number of amides is 1. The topological polar surface area (TPSA) is 307 Å². The molecule has 3 saturated heterocycles. The molecule has 3 fully saturated rings. The number of unbranched alkanes of at least 4 members (excludes halogenated alkanes) is 32. The SMILES string of the molecule is CC/C=C\C/C=C\C/C=C\C/C=C\C/C=C\CCCCCCCCCCCCCCCCCCCCCC(=O)NC(COC1OC(CO)C(OC2OC(CO)C(OC3OC(CO)C(O)C(O)C3O)C(O)C2O)C(O)C1O)C(O)/C=C/CC/C=C/CC/C=C/CCCCCCCCCCCCC. The first-order valence-electron chi connectivity index (χ1n) is 40.0. The molecule has 0 aromatic heterocycles. The van der Waals surface area contributed by atoms with E-state index in [0.717, 1.165) is 77.0 Å². The quantitative estimate of drug-likeness (QED) is 0.0199. The van der Waals surface area contributed by atoms with Gasteiger partial charge in [-0.1, -0.05) is 284 Å². The van der Waals surface area contributed by atoms with Crippen molar-refractivity contribution in [3.8, 4) is 0 Å². The van der Waals surface area contributed by atoms with E-state index >= 15 is 0 Å². The highest BCUT2D eigenvalue weighted by Gasteiger charge is 2.54. The minimum Gasteiger partial charge on any atom is -0.394 e. The maximum Gasteiger partial charge on any atom is 0.220 e. The maximum absolute atomic E-state index is 13.5. The molecule has 584 valence electrons. The summed E-state index contributed by atoms with van der Waals surface area (Å²) in [5.41, 5.74) is 0. The summed E-state index contributed by atoms with van der Waals surface area (Å²) < 4.78 is 34.4. The number of carbonyl (C=O) groups excluding carboxylic acids is 1. The monoisotopic (exact) mass is 1430 g/mol. The normalized spacial score (nSPS) is 26.8. The largest absolute Gasteiger partial charge is 0.394 e. The smallest absolute Gasteiger partial charge is 0.220 e. The molecule has 3 rings (SSSR count). The van der Waals surface area contributed by atoms with E-state index in [4.69, 9.17) is 28.4 Å². The first-order chi connectivity index (χ1) is 49.3. The third kappa shape index (κ3) is 42.0. The van der Waals surface area contributed by atoms with E-state index < -0.39 is 124 Å². The molecule has 19 nitrogen and oxygen atoms in total. The van der Waals surface area contributed by atoms with Crippen LogP contribution >= 0.6 is 0 Å². The van der Waals surface area contributed by atoms with E-state index in [0.29, 0.717) is 12.8 Å². The lowest BCUT2D eigenvalue weighted by molar-refractivity contribution is -0.379. The Morgan fingerprint density at radius 3 is 1.11 bits per heavy atom. The van der Waals surface area contributed by atoms with Gasteiger partial charge in [-0.25, -0.2) is 0 Å². The molecule has 0 bridgehead atoms. The van der Waals surface area contributed by atoms with Crippen LogP contribution in [0.2, 0.25) is 0 Å². The van der Waals surface area contributed by atoms with Gasteiger partial charge >= 0.3 is 0 Å². The third-order valence-electron chi connectivity index (χ3n) is 19.3. The Morgan fingerprint density at radius 2 is 0.693 bits per heavy atom. The molecule has 0 spiro atoms. The zero-order valence-electron chi connectivity index (χ0n) is 62.4. The van der Waals surface area contributed by atoms with Crippen molar-refractivity contribution in [2.24, 2.45) is 0 Å². The van der Waals surface area contributed by atoms with Crippen molar-refractivity contribution in [1.29, 1.82) is 0 Å². The summed E-state index contributed by atoms with van der Waals surface area (Å²) in [5.74, 6) is -0.289. The number of hydrogen-bond acceptors (Lipinski definition) is 18. The lowest BCUT2D eigenvalue weighted by Gasteiger charge is -2.48. The van der Waals surface area contributed by atoms with E-state index in [1.807, 2.05) is 6.08 Å². The summed E-state index contributed by atoms with van der Waals surface area (Å²) in [6, 6.07) is -1.00. The highest BCUT2D eigenvalue weighted by molar-refractivity contribution is 5.76. The van der Waals surface area contributed by atoms with Crippen LogP contribution in [0, 0.1) is 0 Å². The Morgan fingerprint density at radius 1 is 0.366 bits per heavy atom. The maximum atomic E-state index is 13.5. The number of carbonyl (C=O) groups is 1. The second-order valence-corrected chi connectivity index (χ2v) is 28.1. The predicted octanol–water partition coefficient (Wildman–Crippen LogP) is 13.2. The van der Waals surface area contributed by atoms with Crippen LogP contribution in [-0.4, -0.2) is 193 Å². The lowest BCUT2D eigenvalue weighted by Crippen LogP contribution is -2.66. The van der Waals surface area contributed by atoms with Crippen LogP contribution < -0.4 is 5.32 Å². The Balaban J connectivity index is 1.36. The number of rotatable bonds is 62. The van der Waals surface area contributed by atoms with Crippen molar-refractivity contribution in [3.63, 3.8) is 0 Å². The fraction of sp³-hybridized carbons (Fsp3) is 0.793. The van der Waals surface area contributed by atoms with E-state index in [1.165, 1.54) is 173 Å². The van der Waals surface area contributed by atoms with Gasteiger partial charge in [-0.15, -0.1) is 0 Å². The molecule has 0 aliphatic carbocycles. The molecule has 0 radical (unpaired) electrons. The van der Waals surface area contributed by atoms with Gasteiger partial charge in [0.05, 0.1) is 38.6 Å². The average molecular weight is 1430 g/mol. The van der Waals surface area contributed by atoms with E-state index in [9.17, 15) is 61.0 Å². The molecular formula is C82H143NO18. The van der Waals surface area contributed by atoms with Crippen molar-refractivity contribution >= 4 is 5.91 Å². The first kappa shape index (κ1) is 91.9.